The van der Waals surface area contributed by atoms with E-state index in [0.717, 1.165) is 33.6 Å². The Balaban J connectivity index is 1.28. The molecule has 0 radical (unpaired) electrons. The maximum absolute atomic E-state index is 5.18. The standard InChI is InChI=1S/C42H28N2/c1-2-14-31(15-3-1)40-28-41(34-20-8-18-32(26-34)38-24-10-16-29-12-4-6-22-36(29)38)44-42(43-40)35-21-9-19-33(27-35)39-25-11-17-30-13-5-7-23-37(30)39/h1-28H. The number of benzene rings is 7. The first-order valence-corrected chi connectivity index (χ1v) is 14.9. The van der Waals surface area contributed by atoms with Crippen LogP contribution in [0.15, 0.2) is 170 Å². The maximum atomic E-state index is 5.18. The van der Waals surface area contributed by atoms with Crippen LogP contribution in [0, 0.1) is 0 Å². The van der Waals surface area contributed by atoms with Crippen molar-refractivity contribution < 1.29 is 0 Å². The van der Waals surface area contributed by atoms with Crippen LogP contribution in [0.2, 0.25) is 0 Å². The molecule has 206 valence electrons. The molecular formula is C42H28N2. The van der Waals surface area contributed by atoms with E-state index in [1.165, 1.54) is 38.2 Å². The Morgan fingerprint density at radius 1 is 0.295 bits per heavy atom. The molecule has 0 aliphatic rings. The summed E-state index contributed by atoms with van der Waals surface area (Å²) in [7, 11) is 0. The van der Waals surface area contributed by atoms with Crippen molar-refractivity contribution in [1.82, 2.24) is 9.97 Å². The molecule has 0 spiro atoms. The van der Waals surface area contributed by atoms with Gasteiger partial charge in [0.25, 0.3) is 0 Å². The fourth-order valence-electron chi connectivity index (χ4n) is 6.11. The van der Waals surface area contributed by atoms with E-state index in [4.69, 9.17) is 9.97 Å². The van der Waals surface area contributed by atoms with Gasteiger partial charge in [0.05, 0.1) is 11.4 Å². The maximum Gasteiger partial charge on any atom is 0.160 e. The molecule has 2 heteroatoms. The third-order valence-electron chi connectivity index (χ3n) is 8.28. The van der Waals surface area contributed by atoms with Crippen LogP contribution in [0.25, 0.3) is 77.7 Å². The van der Waals surface area contributed by atoms with Crippen LogP contribution in [0.4, 0.5) is 0 Å². The molecule has 2 nitrogen and oxygen atoms in total. The van der Waals surface area contributed by atoms with Crippen molar-refractivity contribution in [3.05, 3.63) is 170 Å². The van der Waals surface area contributed by atoms with Crippen LogP contribution < -0.4 is 0 Å². The van der Waals surface area contributed by atoms with E-state index >= 15 is 0 Å². The monoisotopic (exact) mass is 560 g/mol. The molecule has 0 fully saturated rings. The first-order chi connectivity index (χ1) is 21.8. The largest absolute Gasteiger partial charge is 0.228 e. The molecule has 0 aliphatic heterocycles. The van der Waals surface area contributed by atoms with Gasteiger partial charge in [0.1, 0.15) is 0 Å². The molecule has 7 aromatic carbocycles. The van der Waals surface area contributed by atoms with E-state index in [1.807, 2.05) is 6.07 Å². The molecule has 0 saturated heterocycles. The number of fused-ring (bicyclic) bond motifs is 2. The Morgan fingerprint density at radius 2 is 0.727 bits per heavy atom. The van der Waals surface area contributed by atoms with Gasteiger partial charge in [0.2, 0.25) is 0 Å². The minimum Gasteiger partial charge on any atom is -0.228 e. The molecule has 0 atom stereocenters. The molecule has 0 N–H and O–H groups in total. The average Bonchev–Trinajstić information content (AvgIpc) is 3.11. The quantitative estimate of drug-likeness (QED) is 0.209. The normalized spacial score (nSPS) is 11.2. The van der Waals surface area contributed by atoms with Gasteiger partial charge in [-0.15, -0.1) is 0 Å². The van der Waals surface area contributed by atoms with Crippen LogP contribution in [0.5, 0.6) is 0 Å². The molecule has 1 heterocycles. The van der Waals surface area contributed by atoms with E-state index in [2.05, 4.69) is 164 Å². The van der Waals surface area contributed by atoms with E-state index in [-0.39, 0.29) is 0 Å². The summed E-state index contributed by atoms with van der Waals surface area (Å²) in [5.41, 5.74) is 9.63. The topological polar surface area (TPSA) is 25.8 Å². The van der Waals surface area contributed by atoms with Gasteiger partial charge in [0, 0.05) is 16.7 Å². The fraction of sp³-hybridized carbons (Fsp3) is 0. The molecular weight excluding hydrogens is 532 g/mol. The smallest absolute Gasteiger partial charge is 0.160 e. The Kier molecular flexibility index (Phi) is 6.51. The minimum atomic E-state index is 0.707. The second-order valence-corrected chi connectivity index (χ2v) is 11.0. The molecule has 0 unspecified atom stereocenters. The summed E-state index contributed by atoms with van der Waals surface area (Å²) in [4.78, 5) is 10.3. The van der Waals surface area contributed by atoms with Crippen LogP contribution in [-0.2, 0) is 0 Å². The van der Waals surface area contributed by atoms with Crippen molar-refractivity contribution in [3.63, 3.8) is 0 Å². The Labute approximate surface area is 257 Å². The highest BCUT2D eigenvalue weighted by molar-refractivity contribution is 5.98. The Hall–Kier alpha value is -5.86. The SMILES string of the molecule is c1ccc(-c2cc(-c3cccc(-c4cccc5ccccc45)c3)nc(-c3cccc(-c4cccc5ccccc45)c3)n2)cc1. The van der Waals surface area contributed by atoms with Crippen LogP contribution in [0.1, 0.15) is 0 Å². The van der Waals surface area contributed by atoms with Gasteiger partial charge < -0.3 is 0 Å². The zero-order valence-electron chi connectivity index (χ0n) is 24.1. The van der Waals surface area contributed by atoms with Crippen LogP contribution in [0.3, 0.4) is 0 Å². The summed E-state index contributed by atoms with van der Waals surface area (Å²) in [6.07, 6.45) is 0. The summed E-state index contributed by atoms with van der Waals surface area (Å²) in [6, 6.07) is 59.8. The predicted molar refractivity (Wildman–Crippen MR) is 184 cm³/mol. The molecule has 0 bridgehead atoms. The third-order valence-corrected chi connectivity index (χ3v) is 8.28. The zero-order chi connectivity index (χ0) is 29.3. The van der Waals surface area contributed by atoms with E-state index in [9.17, 15) is 0 Å². The number of hydrogen-bond donors (Lipinski definition) is 0. The van der Waals surface area contributed by atoms with Crippen molar-refractivity contribution in [2.45, 2.75) is 0 Å². The second-order valence-electron chi connectivity index (χ2n) is 11.0. The summed E-state index contributed by atoms with van der Waals surface area (Å²) in [5.74, 6) is 0.707. The average molecular weight is 561 g/mol. The molecule has 0 amide bonds. The summed E-state index contributed by atoms with van der Waals surface area (Å²) >= 11 is 0. The minimum absolute atomic E-state index is 0.707. The van der Waals surface area contributed by atoms with Gasteiger partial charge >= 0.3 is 0 Å². The molecule has 1 aromatic heterocycles. The summed E-state index contributed by atoms with van der Waals surface area (Å²) in [5, 5.41) is 4.94. The van der Waals surface area contributed by atoms with Gasteiger partial charge in [-0.05, 0) is 62.0 Å². The van der Waals surface area contributed by atoms with E-state index < -0.39 is 0 Å². The molecule has 8 rings (SSSR count). The zero-order valence-corrected chi connectivity index (χ0v) is 24.1. The second kappa shape index (κ2) is 11.1. The first kappa shape index (κ1) is 25.8. The Bertz CT molecular complexity index is 2130. The van der Waals surface area contributed by atoms with Crippen molar-refractivity contribution in [2.75, 3.05) is 0 Å². The molecule has 0 saturated carbocycles. The Morgan fingerprint density at radius 3 is 1.36 bits per heavy atom. The van der Waals surface area contributed by atoms with Crippen molar-refractivity contribution >= 4 is 21.5 Å². The van der Waals surface area contributed by atoms with Crippen LogP contribution in [-0.4, -0.2) is 9.97 Å². The third kappa shape index (κ3) is 4.83. The lowest BCUT2D eigenvalue weighted by molar-refractivity contribution is 1.18. The lowest BCUT2D eigenvalue weighted by atomic mass is 9.96. The van der Waals surface area contributed by atoms with Crippen molar-refractivity contribution in [1.29, 1.82) is 0 Å². The molecule has 0 aliphatic carbocycles. The lowest BCUT2D eigenvalue weighted by Gasteiger charge is -2.12. The van der Waals surface area contributed by atoms with Crippen LogP contribution >= 0.6 is 0 Å². The van der Waals surface area contributed by atoms with Gasteiger partial charge in [0.15, 0.2) is 5.82 Å². The number of rotatable bonds is 5. The molecule has 8 aromatic rings. The number of nitrogens with zero attached hydrogens (tertiary/aromatic N) is 2. The summed E-state index contributed by atoms with van der Waals surface area (Å²) < 4.78 is 0. The van der Waals surface area contributed by atoms with Gasteiger partial charge in [-0.25, -0.2) is 9.97 Å². The van der Waals surface area contributed by atoms with E-state index in [0.29, 0.717) is 5.82 Å². The highest BCUT2D eigenvalue weighted by Crippen LogP contribution is 2.35. The predicted octanol–water partition coefficient (Wildman–Crippen LogP) is 11.1. The highest BCUT2D eigenvalue weighted by Gasteiger charge is 2.13. The highest BCUT2D eigenvalue weighted by atomic mass is 14.9. The summed E-state index contributed by atoms with van der Waals surface area (Å²) in [6.45, 7) is 0. The van der Waals surface area contributed by atoms with Gasteiger partial charge in [-0.3, -0.25) is 0 Å². The fourth-order valence-corrected chi connectivity index (χ4v) is 6.11. The lowest BCUT2D eigenvalue weighted by Crippen LogP contribution is -1.96. The first-order valence-electron chi connectivity index (χ1n) is 14.9. The number of hydrogen-bond acceptors (Lipinski definition) is 2. The number of aromatic nitrogens is 2. The van der Waals surface area contributed by atoms with Crippen molar-refractivity contribution in [3.8, 4) is 56.2 Å². The van der Waals surface area contributed by atoms with Gasteiger partial charge in [-0.2, -0.15) is 0 Å². The van der Waals surface area contributed by atoms with Crippen molar-refractivity contribution in [2.24, 2.45) is 0 Å². The van der Waals surface area contributed by atoms with E-state index in [1.54, 1.807) is 0 Å². The molecule has 44 heavy (non-hydrogen) atoms. The van der Waals surface area contributed by atoms with Gasteiger partial charge in [-0.1, -0.05) is 152 Å².